The molecule has 0 bridgehead atoms. The molecule has 0 aliphatic carbocycles. The predicted molar refractivity (Wildman–Crippen MR) is 56.7 cm³/mol. The fraction of sp³-hybridized carbons (Fsp3) is 0.364. The van der Waals surface area contributed by atoms with Gasteiger partial charge in [0.15, 0.2) is 0 Å². The Labute approximate surface area is 88.8 Å². The van der Waals surface area contributed by atoms with Gasteiger partial charge < -0.3 is 4.74 Å². The van der Waals surface area contributed by atoms with Crippen molar-refractivity contribution in [2.45, 2.75) is 19.7 Å². The molecule has 0 saturated carbocycles. The topological polar surface area (TPSA) is 26.3 Å². The van der Waals surface area contributed by atoms with E-state index in [0.717, 1.165) is 11.1 Å². The number of aryl methyl sites for hydroxylation is 1. The van der Waals surface area contributed by atoms with Crippen molar-refractivity contribution in [3.63, 3.8) is 0 Å². The third-order valence-electron chi connectivity index (χ3n) is 2.00. The minimum absolute atomic E-state index is 0.293. The van der Waals surface area contributed by atoms with Crippen molar-refractivity contribution in [1.29, 1.82) is 0 Å². The van der Waals surface area contributed by atoms with E-state index in [1.165, 1.54) is 0 Å². The van der Waals surface area contributed by atoms with Crippen molar-refractivity contribution >= 4 is 17.6 Å². The first kappa shape index (κ1) is 11.1. The first-order chi connectivity index (χ1) is 6.69. The van der Waals surface area contributed by atoms with Crippen LogP contribution in [0.1, 0.15) is 28.4 Å². The van der Waals surface area contributed by atoms with Crippen LogP contribution in [-0.4, -0.2) is 12.6 Å². The number of carbonyl (C=O) groups excluding carboxylic acids is 1. The molecule has 14 heavy (non-hydrogen) atoms. The van der Waals surface area contributed by atoms with E-state index in [2.05, 4.69) is 0 Å². The van der Waals surface area contributed by atoms with E-state index in [1.54, 1.807) is 19.1 Å². The molecule has 0 N–H and O–H groups in total. The normalized spacial score (nSPS) is 9.93. The second kappa shape index (κ2) is 5.01. The van der Waals surface area contributed by atoms with Crippen LogP contribution < -0.4 is 0 Å². The summed E-state index contributed by atoms with van der Waals surface area (Å²) in [4.78, 5) is 11.4. The van der Waals surface area contributed by atoms with Gasteiger partial charge in [-0.3, -0.25) is 0 Å². The quantitative estimate of drug-likeness (QED) is 0.569. The maximum absolute atomic E-state index is 11.4. The molecule has 2 nitrogen and oxygen atoms in total. The summed E-state index contributed by atoms with van der Waals surface area (Å²) in [6, 6.07) is 5.41. The van der Waals surface area contributed by atoms with Crippen molar-refractivity contribution < 1.29 is 9.53 Å². The summed E-state index contributed by atoms with van der Waals surface area (Å²) in [5.41, 5.74) is 2.62. The SMILES string of the molecule is CCOC(=O)c1ccc(C)c(CCl)c1. The standard InChI is InChI=1S/C11H13ClO2/c1-3-14-11(13)9-5-4-8(2)10(6-9)7-12/h4-6H,3,7H2,1-2H3. The molecule has 0 amide bonds. The molecular formula is C11H13ClO2. The Hall–Kier alpha value is -1.02. The van der Waals surface area contributed by atoms with Gasteiger partial charge in [0.2, 0.25) is 0 Å². The molecule has 0 heterocycles. The van der Waals surface area contributed by atoms with Gasteiger partial charge in [-0.25, -0.2) is 4.79 Å². The van der Waals surface area contributed by atoms with Crippen LogP contribution in [-0.2, 0) is 10.6 Å². The Balaban J connectivity index is 2.94. The molecule has 0 fully saturated rings. The smallest absolute Gasteiger partial charge is 0.338 e. The maximum Gasteiger partial charge on any atom is 0.338 e. The van der Waals surface area contributed by atoms with Gasteiger partial charge in [0.25, 0.3) is 0 Å². The number of carbonyl (C=O) groups is 1. The molecule has 0 aliphatic heterocycles. The van der Waals surface area contributed by atoms with Gasteiger partial charge >= 0.3 is 5.97 Å². The first-order valence-electron chi connectivity index (χ1n) is 4.51. The Kier molecular flexibility index (Phi) is 3.96. The van der Waals surface area contributed by atoms with E-state index < -0.39 is 0 Å². The van der Waals surface area contributed by atoms with Crippen molar-refractivity contribution in [2.24, 2.45) is 0 Å². The van der Waals surface area contributed by atoms with E-state index in [4.69, 9.17) is 16.3 Å². The lowest BCUT2D eigenvalue weighted by Crippen LogP contribution is -2.05. The van der Waals surface area contributed by atoms with Gasteiger partial charge in [-0.1, -0.05) is 6.07 Å². The largest absolute Gasteiger partial charge is 0.462 e. The second-order valence-corrected chi connectivity index (χ2v) is 3.26. The Morgan fingerprint density at radius 3 is 2.79 bits per heavy atom. The summed E-state index contributed by atoms with van der Waals surface area (Å²) in [6.45, 7) is 4.14. The highest BCUT2D eigenvalue weighted by molar-refractivity contribution is 6.17. The third-order valence-corrected chi connectivity index (χ3v) is 2.29. The summed E-state index contributed by atoms with van der Waals surface area (Å²) >= 11 is 5.73. The van der Waals surface area contributed by atoms with Crippen molar-refractivity contribution in [3.8, 4) is 0 Å². The maximum atomic E-state index is 11.4. The summed E-state index contributed by atoms with van der Waals surface area (Å²) < 4.78 is 4.89. The molecule has 1 aromatic carbocycles. The van der Waals surface area contributed by atoms with Crippen molar-refractivity contribution in [2.75, 3.05) is 6.61 Å². The van der Waals surface area contributed by atoms with Gasteiger partial charge in [0, 0.05) is 5.88 Å². The number of ether oxygens (including phenoxy) is 1. The summed E-state index contributed by atoms with van der Waals surface area (Å²) in [5.74, 6) is 0.123. The average Bonchev–Trinajstić information content (AvgIpc) is 2.19. The van der Waals surface area contributed by atoms with Crippen molar-refractivity contribution in [3.05, 3.63) is 34.9 Å². The fourth-order valence-corrected chi connectivity index (χ4v) is 1.44. The van der Waals surface area contributed by atoms with Gasteiger partial charge in [0.1, 0.15) is 0 Å². The number of alkyl halides is 1. The molecule has 0 atom stereocenters. The molecule has 76 valence electrons. The highest BCUT2D eigenvalue weighted by Crippen LogP contribution is 2.14. The van der Waals surface area contributed by atoms with Crippen LogP contribution in [0.2, 0.25) is 0 Å². The van der Waals surface area contributed by atoms with E-state index in [0.29, 0.717) is 18.1 Å². The number of rotatable bonds is 3. The van der Waals surface area contributed by atoms with Gasteiger partial charge in [0.05, 0.1) is 12.2 Å². The second-order valence-electron chi connectivity index (χ2n) is 3.00. The van der Waals surface area contributed by atoms with Crippen LogP contribution in [0.25, 0.3) is 0 Å². The molecule has 0 aromatic heterocycles. The minimum atomic E-state index is -0.293. The Bertz CT molecular complexity index is 334. The number of benzene rings is 1. The Morgan fingerprint density at radius 2 is 2.21 bits per heavy atom. The molecular weight excluding hydrogens is 200 g/mol. The number of esters is 1. The highest BCUT2D eigenvalue weighted by Gasteiger charge is 2.07. The monoisotopic (exact) mass is 212 g/mol. The molecule has 0 spiro atoms. The van der Waals surface area contributed by atoms with Gasteiger partial charge in [-0.05, 0) is 37.1 Å². The zero-order valence-electron chi connectivity index (χ0n) is 8.34. The van der Waals surface area contributed by atoms with Crippen LogP contribution in [0.5, 0.6) is 0 Å². The number of halogens is 1. The zero-order chi connectivity index (χ0) is 10.6. The highest BCUT2D eigenvalue weighted by atomic mass is 35.5. The molecule has 1 aromatic rings. The lowest BCUT2D eigenvalue weighted by molar-refractivity contribution is 0.0526. The zero-order valence-corrected chi connectivity index (χ0v) is 9.10. The van der Waals surface area contributed by atoms with Gasteiger partial charge in [-0.15, -0.1) is 11.6 Å². The van der Waals surface area contributed by atoms with Crippen LogP contribution >= 0.6 is 11.6 Å². The molecule has 0 saturated heterocycles. The molecule has 0 radical (unpaired) electrons. The molecule has 0 aliphatic rings. The average molecular weight is 213 g/mol. The Morgan fingerprint density at radius 1 is 1.50 bits per heavy atom. The number of hydrogen-bond acceptors (Lipinski definition) is 2. The molecule has 0 unspecified atom stereocenters. The minimum Gasteiger partial charge on any atom is -0.462 e. The lowest BCUT2D eigenvalue weighted by Gasteiger charge is -2.05. The summed E-state index contributed by atoms with van der Waals surface area (Å²) in [6.07, 6.45) is 0. The van der Waals surface area contributed by atoms with Crippen LogP contribution in [0.3, 0.4) is 0 Å². The first-order valence-corrected chi connectivity index (χ1v) is 5.05. The number of hydrogen-bond donors (Lipinski definition) is 0. The summed E-state index contributed by atoms with van der Waals surface area (Å²) in [7, 11) is 0. The van der Waals surface area contributed by atoms with E-state index in [1.807, 2.05) is 13.0 Å². The predicted octanol–water partition coefficient (Wildman–Crippen LogP) is 2.91. The van der Waals surface area contributed by atoms with Crippen molar-refractivity contribution in [1.82, 2.24) is 0 Å². The van der Waals surface area contributed by atoms with Gasteiger partial charge in [-0.2, -0.15) is 0 Å². The lowest BCUT2D eigenvalue weighted by atomic mass is 10.1. The molecule has 3 heteroatoms. The third kappa shape index (κ3) is 2.48. The van der Waals surface area contributed by atoms with Crippen LogP contribution in [0, 0.1) is 6.92 Å². The van der Waals surface area contributed by atoms with Crippen LogP contribution in [0.4, 0.5) is 0 Å². The van der Waals surface area contributed by atoms with E-state index in [-0.39, 0.29) is 5.97 Å². The van der Waals surface area contributed by atoms with E-state index in [9.17, 15) is 4.79 Å². The molecule has 1 rings (SSSR count). The van der Waals surface area contributed by atoms with E-state index >= 15 is 0 Å². The van der Waals surface area contributed by atoms with Crippen LogP contribution in [0.15, 0.2) is 18.2 Å². The summed E-state index contributed by atoms with van der Waals surface area (Å²) in [5, 5.41) is 0. The fourth-order valence-electron chi connectivity index (χ4n) is 1.16.